The van der Waals surface area contributed by atoms with Crippen LogP contribution in [0.4, 0.5) is 5.69 Å². The van der Waals surface area contributed by atoms with E-state index in [0.717, 1.165) is 0 Å². The molecule has 3 nitrogen and oxygen atoms in total. The molecule has 0 bridgehead atoms. The Kier molecular flexibility index (Phi) is 4.44. The number of carbonyl (C=O) groups excluding carboxylic acids is 1. The molecule has 16 heavy (non-hydrogen) atoms. The van der Waals surface area contributed by atoms with Crippen LogP contribution in [0, 0.1) is 0 Å². The number of methoxy groups -OCH3 is 1. The van der Waals surface area contributed by atoms with Gasteiger partial charge in [0, 0.05) is 12.7 Å². The van der Waals surface area contributed by atoms with Gasteiger partial charge in [-0.1, -0.05) is 11.6 Å². The molecule has 0 aliphatic heterocycles. The molecule has 0 N–H and O–H groups in total. The molecule has 0 saturated heterocycles. The monoisotopic (exact) mass is 261 g/mol. The third-order valence-electron chi connectivity index (χ3n) is 2.19. The highest BCUT2D eigenvalue weighted by molar-refractivity contribution is 6.33. The van der Waals surface area contributed by atoms with Crippen LogP contribution in [-0.2, 0) is 4.79 Å². The van der Waals surface area contributed by atoms with Gasteiger partial charge in [0.1, 0.15) is 11.1 Å². The second-order valence-corrected chi connectivity index (χ2v) is 4.39. The van der Waals surface area contributed by atoms with Crippen molar-refractivity contribution in [1.29, 1.82) is 0 Å². The number of ether oxygens (including phenoxy) is 1. The topological polar surface area (TPSA) is 29.5 Å². The zero-order chi connectivity index (χ0) is 12.3. The first-order chi connectivity index (χ1) is 7.47. The molecule has 1 amide bonds. The molecule has 0 spiro atoms. The van der Waals surface area contributed by atoms with Gasteiger partial charge in [-0.25, -0.2) is 0 Å². The number of hydrogen-bond acceptors (Lipinski definition) is 2. The molecule has 0 fully saturated rings. The first-order valence-corrected chi connectivity index (χ1v) is 5.54. The Hall–Kier alpha value is -0.930. The average molecular weight is 262 g/mol. The summed E-state index contributed by atoms with van der Waals surface area (Å²) in [6.45, 7) is 1.63. The number of benzene rings is 1. The van der Waals surface area contributed by atoms with Crippen molar-refractivity contribution < 1.29 is 9.53 Å². The van der Waals surface area contributed by atoms with Crippen molar-refractivity contribution in [1.82, 2.24) is 0 Å². The first-order valence-electron chi connectivity index (χ1n) is 4.72. The summed E-state index contributed by atoms with van der Waals surface area (Å²) >= 11 is 11.7. The lowest BCUT2D eigenvalue weighted by molar-refractivity contribution is -0.117. The minimum atomic E-state index is -0.564. The number of alkyl halides is 1. The normalized spacial score (nSPS) is 12.1. The third kappa shape index (κ3) is 2.80. The standard InChI is InChI=1S/C11H13Cl2NO2/c1-7(12)11(15)14(2)8-4-5-10(16-3)9(13)6-8/h4-7H,1-3H3. The predicted molar refractivity (Wildman–Crippen MR) is 66.7 cm³/mol. The van der Waals surface area contributed by atoms with Crippen molar-refractivity contribution in [3.8, 4) is 5.75 Å². The summed E-state index contributed by atoms with van der Waals surface area (Å²) in [4.78, 5) is 13.1. The molecular formula is C11H13Cl2NO2. The maximum Gasteiger partial charge on any atom is 0.244 e. The fraction of sp³-hybridized carbons (Fsp3) is 0.364. The van der Waals surface area contributed by atoms with Gasteiger partial charge in [-0.05, 0) is 25.1 Å². The quantitative estimate of drug-likeness (QED) is 0.784. The van der Waals surface area contributed by atoms with E-state index < -0.39 is 5.38 Å². The van der Waals surface area contributed by atoms with Crippen LogP contribution < -0.4 is 9.64 Å². The third-order valence-corrected chi connectivity index (χ3v) is 2.68. The Balaban J connectivity index is 2.97. The van der Waals surface area contributed by atoms with E-state index in [1.807, 2.05) is 0 Å². The van der Waals surface area contributed by atoms with E-state index >= 15 is 0 Å². The molecule has 88 valence electrons. The van der Waals surface area contributed by atoms with Crippen molar-refractivity contribution in [2.45, 2.75) is 12.3 Å². The highest BCUT2D eigenvalue weighted by Crippen LogP contribution is 2.29. The van der Waals surface area contributed by atoms with Gasteiger partial charge in [0.05, 0.1) is 12.1 Å². The van der Waals surface area contributed by atoms with Gasteiger partial charge < -0.3 is 9.64 Å². The summed E-state index contributed by atoms with van der Waals surface area (Å²) < 4.78 is 5.03. The second kappa shape index (κ2) is 5.41. The van der Waals surface area contributed by atoms with Gasteiger partial charge in [0.2, 0.25) is 5.91 Å². The minimum Gasteiger partial charge on any atom is -0.495 e. The summed E-state index contributed by atoms with van der Waals surface area (Å²) in [5, 5.41) is -0.104. The van der Waals surface area contributed by atoms with Gasteiger partial charge >= 0.3 is 0 Å². The van der Waals surface area contributed by atoms with E-state index in [2.05, 4.69) is 0 Å². The molecule has 0 saturated carbocycles. The number of amides is 1. The lowest BCUT2D eigenvalue weighted by atomic mass is 10.2. The van der Waals surface area contributed by atoms with Gasteiger partial charge in [-0.3, -0.25) is 4.79 Å². The lowest BCUT2D eigenvalue weighted by Gasteiger charge is -2.19. The van der Waals surface area contributed by atoms with Crippen molar-refractivity contribution in [3.63, 3.8) is 0 Å². The Morgan fingerprint density at radius 3 is 2.56 bits per heavy atom. The van der Waals surface area contributed by atoms with E-state index in [0.29, 0.717) is 16.5 Å². The Morgan fingerprint density at radius 2 is 2.12 bits per heavy atom. The second-order valence-electron chi connectivity index (χ2n) is 3.33. The predicted octanol–water partition coefficient (Wildman–Crippen LogP) is 2.94. The molecular weight excluding hydrogens is 249 g/mol. The molecule has 1 atom stereocenters. The van der Waals surface area contributed by atoms with Crippen LogP contribution in [0.3, 0.4) is 0 Å². The highest BCUT2D eigenvalue weighted by atomic mass is 35.5. The van der Waals surface area contributed by atoms with Crippen LogP contribution in [0.5, 0.6) is 5.75 Å². The summed E-state index contributed by atoms with van der Waals surface area (Å²) in [5.74, 6) is 0.396. The molecule has 5 heteroatoms. The van der Waals surface area contributed by atoms with Crippen LogP contribution in [0.25, 0.3) is 0 Å². The van der Waals surface area contributed by atoms with Gasteiger partial charge in [-0.15, -0.1) is 11.6 Å². The van der Waals surface area contributed by atoms with Gasteiger partial charge in [0.15, 0.2) is 0 Å². The maximum absolute atomic E-state index is 11.6. The number of carbonyl (C=O) groups is 1. The number of anilines is 1. The summed E-state index contributed by atoms with van der Waals surface area (Å²) in [6.07, 6.45) is 0. The zero-order valence-electron chi connectivity index (χ0n) is 9.33. The van der Waals surface area contributed by atoms with Crippen molar-refractivity contribution in [2.24, 2.45) is 0 Å². The molecule has 0 aromatic heterocycles. The van der Waals surface area contributed by atoms with Crippen LogP contribution >= 0.6 is 23.2 Å². The fourth-order valence-corrected chi connectivity index (χ4v) is 1.66. The van der Waals surface area contributed by atoms with E-state index in [9.17, 15) is 4.79 Å². The molecule has 1 unspecified atom stereocenters. The largest absolute Gasteiger partial charge is 0.495 e. The van der Waals surface area contributed by atoms with E-state index in [-0.39, 0.29) is 5.91 Å². The summed E-state index contributed by atoms with van der Waals surface area (Å²) in [5.41, 5.74) is 0.684. The fourth-order valence-electron chi connectivity index (χ4n) is 1.26. The van der Waals surface area contributed by atoms with Crippen LogP contribution in [-0.4, -0.2) is 25.4 Å². The smallest absolute Gasteiger partial charge is 0.244 e. The lowest BCUT2D eigenvalue weighted by Crippen LogP contribution is -2.31. The average Bonchev–Trinajstić information content (AvgIpc) is 2.26. The Morgan fingerprint density at radius 1 is 1.50 bits per heavy atom. The van der Waals surface area contributed by atoms with E-state index in [4.69, 9.17) is 27.9 Å². The Labute approximate surface area is 105 Å². The molecule has 0 aliphatic rings. The number of halogens is 2. The summed E-state index contributed by atoms with van der Waals surface area (Å²) in [7, 11) is 3.19. The number of hydrogen-bond donors (Lipinski definition) is 0. The molecule has 0 heterocycles. The minimum absolute atomic E-state index is 0.178. The van der Waals surface area contributed by atoms with Crippen LogP contribution in [0.15, 0.2) is 18.2 Å². The highest BCUT2D eigenvalue weighted by Gasteiger charge is 2.17. The molecule has 0 radical (unpaired) electrons. The van der Waals surface area contributed by atoms with E-state index in [1.54, 1.807) is 32.2 Å². The van der Waals surface area contributed by atoms with Gasteiger partial charge in [-0.2, -0.15) is 0 Å². The Bertz CT molecular complexity index is 394. The van der Waals surface area contributed by atoms with E-state index in [1.165, 1.54) is 12.0 Å². The first kappa shape index (κ1) is 13.1. The van der Waals surface area contributed by atoms with Crippen molar-refractivity contribution >= 4 is 34.8 Å². The summed E-state index contributed by atoms with van der Waals surface area (Å²) in [6, 6.07) is 5.12. The molecule has 1 aromatic rings. The molecule has 1 aromatic carbocycles. The maximum atomic E-state index is 11.6. The SMILES string of the molecule is COc1ccc(N(C)C(=O)C(C)Cl)cc1Cl. The van der Waals surface area contributed by atoms with Gasteiger partial charge in [0.25, 0.3) is 0 Å². The molecule has 1 rings (SSSR count). The number of rotatable bonds is 3. The van der Waals surface area contributed by atoms with Crippen LogP contribution in [0.1, 0.15) is 6.92 Å². The van der Waals surface area contributed by atoms with Crippen molar-refractivity contribution in [3.05, 3.63) is 23.2 Å². The molecule has 0 aliphatic carbocycles. The van der Waals surface area contributed by atoms with Crippen LogP contribution in [0.2, 0.25) is 5.02 Å². The zero-order valence-corrected chi connectivity index (χ0v) is 10.8. The number of nitrogens with zero attached hydrogens (tertiary/aromatic N) is 1. The van der Waals surface area contributed by atoms with Crippen molar-refractivity contribution in [2.75, 3.05) is 19.1 Å².